The number of benzene rings is 2. The monoisotopic (exact) mass is 328 g/mol. The molecule has 118 valence electrons. The Balaban J connectivity index is 2.12. The number of rotatable bonds is 5. The Morgan fingerprint density at radius 1 is 1.26 bits per heavy atom. The summed E-state index contributed by atoms with van der Waals surface area (Å²) >= 11 is 6.02. The lowest BCUT2D eigenvalue weighted by atomic mass is 10.2. The quantitative estimate of drug-likeness (QED) is 0.799. The minimum Gasteiger partial charge on any atom is -0.444 e. The van der Waals surface area contributed by atoms with E-state index in [4.69, 9.17) is 21.6 Å². The second kappa shape index (κ2) is 8.21. The van der Waals surface area contributed by atoms with Crippen LogP contribution in [0.1, 0.15) is 17.5 Å². The zero-order valence-corrected chi connectivity index (χ0v) is 13.6. The molecule has 2 aromatic carbocycles. The zero-order chi connectivity index (χ0) is 16.7. The fourth-order valence-corrected chi connectivity index (χ4v) is 2.20. The topological polar surface area (TPSA) is 53.3 Å². The molecule has 23 heavy (non-hydrogen) atoms. The SMILES string of the molecule is Cc1cc(N(CCC#N)C(=O)OCc2ccccc2)ccc1Cl. The Morgan fingerprint density at radius 3 is 2.65 bits per heavy atom. The van der Waals surface area contributed by atoms with Gasteiger partial charge < -0.3 is 4.74 Å². The summed E-state index contributed by atoms with van der Waals surface area (Å²) in [4.78, 5) is 13.8. The van der Waals surface area contributed by atoms with E-state index in [1.807, 2.05) is 49.4 Å². The number of anilines is 1. The van der Waals surface area contributed by atoms with Gasteiger partial charge in [0.05, 0.1) is 12.5 Å². The van der Waals surface area contributed by atoms with Gasteiger partial charge in [-0.05, 0) is 36.2 Å². The first kappa shape index (κ1) is 16.9. The van der Waals surface area contributed by atoms with Crippen molar-refractivity contribution in [2.75, 3.05) is 11.4 Å². The molecule has 0 unspecified atom stereocenters. The highest BCUT2D eigenvalue weighted by molar-refractivity contribution is 6.31. The van der Waals surface area contributed by atoms with Gasteiger partial charge in [0.1, 0.15) is 6.61 Å². The van der Waals surface area contributed by atoms with Gasteiger partial charge in [-0.25, -0.2) is 4.79 Å². The number of carbonyl (C=O) groups excluding carboxylic acids is 1. The third kappa shape index (κ3) is 4.73. The summed E-state index contributed by atoms with van der Waals surface area (Å²) < 4.78 is 5.36. The van der Waals surface area contributed by atoms with E-state index in [0.29, 0.717) is 10.7 Å². The van der Waals surface area contributed by atoms with E-state index >= 15 is 0 Å². The zero-order valence-electron chi connectivity index (χ0n) is 12.8. The van der Waals surface area contributed by atoms with Crippen LogP contribution in [0.25, 0.3) is 0 Å². The van der Waals surface area contributed by atoms with E-state index in [1.54, 1.807) is 12.1 Å². The molecule has 0 aliphatic rings. The van der Waals surface area contributed by atoms with Gasteiger partial charge in [-0.3, -0.25) is 4.90 Å². The van der Waals surface area contributed by atoms with Crippen LogP contribution in [0.15, 0.2) is 48.5 Å². The standard InChI is InChI=1S/C18H17ClN2O2/c1-14-12-16(8-9-17(14)19)21(11-5-10-20)18(22)23-13-15-6-3-2-4-7-15/h2-4,6-9,12H,5,11,13H2,1H3. The molecule has 0 bridgehead atoms. The molecule has 0 saturated carbocycles. The molecule has 2 aromatic rings. The minimum atomic E-state index is -0.481. The van der Waals surface area contributed by atoms with Gasteiger partial charge in [0.25, 0.3) is 0 Å². The Hall–Kier alpha value is -2.51. The number of hydrogen-bond donors (Lipinski definition) is 0. The van der Waals surface area contributed by atoms with E-state index in [2.05, 4.69) is 0 Å². The van der Waals surface area contributed by atoms with Crippen LogP contribution in [0, 0.1) is 18.3 Å². The molecule has 0 heterocycles. The number of nitriles is 1. The largest absolute Gasteiger partial charge is 0.444 e. The molecule has 0 aromatic heterocycles. The van der Waals surface area contributed by atoms with Crippen LogP contribution >= 0.6 is 11.6 Å². The number of carbonyl (C=O) groups is 1. The highest BCUT2D eigenvalue weighted by Crippen LogP contribution is 2.23. The molecule has 0 aliphatic carbocycles. The van der Waals surface area contributed by atoms with Crippen molar-refractivity contribution in [3.63, 3.8) is 0 Å². The average molecular weight is 329 g/mol. The maximum absolute atomic E-state index is 12.4. The number of amides is 1. The summed E-state index contributed by atoms with van der Waals surface area (Å²) in [5.74, 6) is 0. The summed E-state index contributed by atoms with van der Waals surface area (Å²) in [5.41, 5.74) is 2.44. The highest BCUT2D eigenvalue weighted by Gasteiger charge is 2.17. The normalized spacial score (nSPS) is 9.96. The molecule has 0 N–H and O–H groups in total. The van der Waals surface area contributed by atoms with Crippen LogP contribution < -0.4 is 4.90 Å². The van der Waals surface area contributed by atoms with E-state index in [-0.39, 0.29) is 19.6 Å². The molecular weight excluding hydrogens is 312 g/mol. The van der Waals surface area contributed by atoms with Crippen molar-refractivity contribution in [3.8, 4) is 6.07 Å². The number of nitrogens with zero attached hydrogens (tertiary/aromatic N) is 2. The Kier molecular flexibility index (Phi) is 6.02. The van der Waals surface area contributed by atoms with Crippen molar-refractivity contribution in [2.45, 2.75) is 20.0 Å². The molecule has 0 saturated heterocycles. The van der Waals surface area contributed by atoms with Crippen molar-refractivity contribution >= 4 is 23.4 Å². The second-order valence-corrected chi connectivity index (χ2v) is 5.44. The lowest BCUT2D eigenvalue weighted by molar-refractivity contribution is 0.147. The van der Waals surface area contributed by atoms with Gasteiger partial charge in [0, 0.05) is 17.3 Å². The smallest absolute Gasteiger partial charge is 0.414 e. The Morgan fingerprint density at radius 2 is 2.00 bits per heavy atom. The van der Waals surface area contributed by atoms with E-state index in [0.717, 1.165) is 11.1 Å². The fraction of sp³-hybridized carbons (Fsp3) is 0.222. The lowest BCUT2D eigenvalue weighted by Gasteiger charge is -2.22. The first-order chi connectivity index (χ1) is 11.1. The van der Waals surface area contributed by atoms with Crippen molar-refractivity contribution < 1.29 is 9.53 Å². The van der Waals surface area contributed by atoms with Crippen molar-refractivity contribution in [2.24, 2.45) is 0 Å². The number of ether oxygens (including phenoxy) is 1. The summed E-state index contributed by atoms with van der Waals surface area (Å²) in [5, 5.41) is 9.43. The lowest BCUT2D eigenvalue weighted by Crippen LogP contribution is -2.32. The average Bonchev–Trinajstić information content (AvgIpc) is 2.57. The molecule has 0 spiro atoms. The van der Waals surface area contributed by atoms with E-state index in [9.17, 15) is 4.79 Å². The van der Waals surface area contributed by atoms with Gasteiger partial charge in [-0.15, -0.1) is 0 Å². The number of hydrogen-bond acceptors (Lipinski definition) is 3. The molecule has 0 aliphatic heterocycles. The van der Waals surface area contributed by atoms with Crippen molar-refractivity contribution in [1.82, 2.24) is 0 Å². The fourth-order valence-electron chi connectivity index (χ4n) is 2.08. The van der Waals surface area contributed by atoms with Gasteiger partial charge in [0.15, 0.2) is 0 Å². The third-order valence-corrected chi connectivity index (χ3v) is 3.75. The van der Waals surface area contributed by atoms with Crippen LogP contribution in [0.5, 0.6) is 0 Å². The van der Waals surface area contributed by atoms with Gasteiger partial charge in [-0.2, -0.15) is 5.26 Å². The third-order valence-electron chi connectivity index (χ3n) is 3.33. The first-order valence-corrected chi connectivity index (χ1v) is 7.61. The molecule has 0 atom stereocenters. The van der Waals surface area contributed by atoms with Crippen LogP contribution in [-0.2, 0) is 11.3 Å². The van der Waals surface area contributed by atoms with Crippen LogP contribution in [0.4, 0.5) is 10.5 Å². The number of halogens is 1. The van der Waals surface area contributed by atoms with Crippen LogP contribution in [-0.4, -0.2) is 12.6 Å². The summed E-state index contributed by atoms with van der Waals surface area (Å²) in [6.45, 7) is 2.32. The predicted octanol–water partition coefficient (Wildman–Crippen LogP) is 4.71. The van der Waals surface area contributed by atoms with Crippen LogP contribution in [0.3, 0.4) is 0 Å². The minimum absolute atomic E-state index is 0.190. The Bertz CT molecular complexity index is 711. The maximum atomic E-state index is 12.4. The second-order valence-electron chi connectivity index (χ2n) is 5.03. The molecule has 0 radical (unpaired) electrons. The summed E-state index contributed by atoms with van der Waals surface area (Å²) in [6.07, 6.45) is -0.256. The molecule has 1 amide bonds. The maximum Gasteiger partial charge on any atom is 0.414 e. The van der Waals surface area contributed by atoms with E-state index < -0.39 is 6.09 Å². The van der Waals surface area contributed by atoms with Gasteiger partial charge in [-0.1, -0.05) is 41.9 Å². The molecule has 0 fully saturated rings. The Labute approximate surface area is 140 Å². The van der Waals surface area contributed by atoms with Crippen molar-refractivity contribution in [1.29, 1.82) is 5.26 Å². The highest BCUT2D eigenvalue weighted by atomic mass is 35.5. The molecular formula is C18H17ClN2O2. The molecule has 2 rings (SSSR count). The van der Waals surface area contributed by atoms with Crippen LogP contribution in [0.2, 0.25) is 5.02 Å². The summed E-state index contributed by atoms with van der Waals surface area (Å²) in [6, 6.07) is 16.8. The van der Waals surface area contributed by atoms with Gasteiger partial charge in [0.2, 0.25) is 0 Å². The van der Waals surface area contributed by atoms with E-state index in [1.165, 1.54) is 4.90 Å². The predicted molar refractivity (Wildman–Crippen MR) is 90.4 cm³/mol. The van der Waals surface area contributed by atoms with Gasteiger partial charge >= 0.3 is 6.09 Å². The number of aryl methyl sites for hydroxylation is 1. The summed E-state index contributed by atoms with van der Waals surface area (Å²) in [7, 11) is 0. The van der Waals surface area contributed by atoms with Crippen molar-refractivity contribution in [3.05, 3.63) is 64.7 Å². The first-order valence-electron chi connectivity index (χ1n) is 7.23. The molecule has 5 heteroatoms. The molecule has 4 nitrogen and oxygen atoms in total.